The first-order valence-corrected chi connectivity index (χ1v) is 8.85. The lowest BCUT2D eigenvalue weighted by Crippen LogP contribution is -2.33. The summed E-state index contributed by atoms with van der Waals surface area (Å²) in [5, 5.41) is 4.89. The Bertz CT molecular complexity index is 1010. The van der Waals surface area contributed by atoms with E-state index in [1.54, 1.807) is 54.7 Å². The third kappa shape index (κ3) is 3.65. The second kappa shape index (κ2) is 7.49. The molecule has 0 atom stereocenters. The van der Waals surface area contributed by atoms with Gasteiger partial charge in [-0.25, -0.2) is 4.98 Å². The molecule has 0 saturated heterocycles. The fourth-order valence-electron chi connectivity index (χ4n) is 2.54. The van der Waals surface area contributed by atoms with Gasteiger partial charge in [0.1, 0.15) is 11.4 Å². The fraction of sp³-hybridized carbons (Fsp3) is 0.222. The predicted molar refractivity (Wildman–Crippen MR) is 100 cm³/mol. The van der Waals surface area contributed by atoms with E-state index >= 15 is 0 Å². The van der Waals surface area contributed by atoms with Gasteiger partial charge in [-0.2, -0.15) is 0 Å². The number of aromatic nitrogens is 2. The Hall–Kier alpha value is -3.00. The average Bonchev–Trinajstić information content (AvgIpc) is 3.13. The van der Waals surface area contributed by atoms with Crippen LogP contribution in [0.3, 0.4) is 0 Å². The van der Waals surface area contributed by atoms with Crippen LogP contribution in [0.25, 0.3) is 10.2 Å². The Morgan fingerprint density at radius 1 is 1.23 bits per heavy atom. The number of thiophene rings is 1. The number of amides is 2. The Balaban J connectivity index is 1.68. The number of nitrogens with zero attached hydrogens (tertiary/aromatic N) is 3. The number of benzene rings is 1. The Kier molecular flexibility index (Phi) is 5.13. The largest absolute Gasteiger partial charge is 0.355 e. The van der Waals surface area contributed by atoms with Gasteiger partial charge in [-0.15, -0.1) is 11.3 Å². The van der Waals surface area contributed by atoms with E-state index in [-0.39, 0.29) is 23.9 Å². The molecule has 7 nitrogen and oxygen atoms in total. The van der Waals surface area contributed by atoms with Crippen molar-refractivity contribution in [1.29, 1.82) is 0 Å². The maximum absolute atomic E-state index is 12.4. The molecule has 0 aliphatic rings. The van der Waals surface area contributed by atoms with Gasteiger partial charge in [-0.1, -0.05) is 12.1 Å². The molecule has 0 unspecified atom stereocenters. The van der Waals surface area contributed by atoms with Crippen molar-refractivity contribution < 1.29 is 9.59 Å². The van der Waals surface area contributed by atoms with Gasteiger partial charge in [-0.05, 0) is 29.1 Å². The Morgan fingerprint density at radius 3 is 2.65 bits per heavy atom. The second-order valence-corrected chi connectivity index (χ2v) is 6.74. The summed E-state index contributed by atoms with van der Waals surface area (Å²) >= 11 is 1.39. The lowest BCUT2D eigenvalue weighted by molar-refractivity contribution is -0.131. The third-order valence-corrected chi connectivity index (χ3v) is 4.87. The van der Waals surface area contributed by atoms with Crippen LogP contribution in [-0.4, -0.2) is 40.4 Å². The fourth-order valence-corrected chi connectivity index (χ4v) is 3.26. The van der Waals surface area contributed by atoms with Crippen molar-refractivity contribution >= 4 is 33.4 Å². The van der Waals surface area contributed by atoms with Crippen molar-refractivity contribution in [2.75, 3.05) is 14.1 Å². The van der Waals surface area contributed by atoms with Crippen LogP contribution in [0.4, 0.5) is 0 Å². The van der Waals surface area contributed by atoms with Gasteiger partial charge in [0.2, 0.25) is 5.91 Å². The number of carbonyl (C=O) groups excluding carboxylic acids is 2. The summed E-state index contributed by atoms with van der Waals surface area (Å²) in [4.78, 5) is 42.8. The van der Waals surface area contributed by atoms with E-state index in [9.17, 15) is 14.4 Å². The zero-order valence-corrected chi connectivity index (χ0v) is 15.2. The van der Waals surface area contributed by atoms with Crippen LogP contribution in [0.2, 0.25) is 0 Å². The lowest BCUT2D eigenvalue weighted by Gasteiger charge is -2.18. The van der Waals surface area contributed by atoms with Crippen molar-refractivity contribution in [3.8, 4) is 0 Å². The highest BCUT2D eigenvalue weighted by Crippen LogP contribution is 2.13. The number of carbonyl (C=O) groups is 2. The van der Waals surface area contributed by atoms with Crippen molar-refractivity contribution in [3.63, 3.8) is 0 Å². The molecule has 26 heavy (non-hydrogen) atoms. The molecule has 3 aromatic rings. The van der Waals surface area contributed by atoms with Crippen molar-refractivity contribution in [1.82, 2.24) is 19.8 Å². The van der Waals surface area contributed by atoms with E-state index < -0.39 is 0 Å². The van der Waals surface area contributed by atoms with Crippen LogP contribution in [0.1, 0.15) is 15.9 Å². The third-order valence-electron chi connectivity index (χ3n) is 4.04. The molecule has 1 aromatic carbocycles. The van der Waals surface area contributed by atoms with E-state index in [0.29, 0.717) is 22.3 Å². The van der Waals surface area contributed by atoms with Gasteiger partial charge in [0.25, 0.3) is 11.5 Å². The Morgan fingerprint density at radius 2 is 1.96 bits per heavy atom. The second-order valence-electron chi connectivity index (χ2n) is 5.84. The average molecular weight is 370 g/mol. The van der Waals surface area contributed by atoms with Gasteiger partial charge in [0.05, 0.1) is 11.7 Å². The molecule has 0 aliphatic carbocycles. The molecule has 0 bridgehead atoms. The maximum Gasteiger partial charge on any atom is 0.262 e. The van der Waals surface area contributed by atoms with Crippen molar-refractivity contribution in [3.05, 3.63) is 63.5 Å². The maximum atomic E-state index is 12.4. The van der Waals surface area contributed by atoms with Crippen LogP contribution in [-0.2, 0) is 17.9 Å². The van der Waals surface area contributed by atoms with Crippen LogP contribution in [0.15, 0.2) is 46.8 Å². The monoisotopic (exact) mass is 370 g/mol. The summed E-state index contributed by atoms with van der Waals surface area (Å²) in [6, 6.07) is 8.75. The molecule has 3 rings (SSSR count). The van der Waals surface area contributed by atoms with E-state index in [1.807, 2.05) is 0 Å². The van der Waals surface area contributed by atoms with Gasteiger partial charge in [0, 0.05) is 26.2 Å². The molecule has 0 saturated carbocycles. The van der Waals surface area contributed by atoms with Gasteiger partial charge in [-0.3, -0.25) is 19.0 Å². The van der Waals surface area contributed by atoms with E-state index in [1.165, 1.54) is 22.2 Å². The lowest BCUT2D eigenvalue weighted by atomic mass is 10.1. The summed E-state index contributed by atoms with van der Waals surface area (Å²) in [5.41, 5.74) is 1.24. The molecule has 2 aromatic heterocycles. The molecule has 0 aliphatic heterocycles. The van der Waals surface area contributed by atoms with Crippen LogP contribution in [0, 0.1) is 0 Å². The number of hydrogen-bond acceptors (Lipinski definition) is 5. The van der Waals surface area contributed by atoms with Gasteiger partial charge in [0.15, 0.2) is 0 Å². The number of likely N-dealkylation sites (N-methyl/N-ethyl adjacent to an activating group) is 1. The van der Waals surface area contributed by atoms with E-state index in [2.05, 4.69) is 10.3 Å². The SMILES string of the molecule is CNC(=O)c1ccc(CN(C)C(=O)Cn2cnc3sccc3c2=O)cc1. The minimum atomic E-state index is -0.215. The summed E-state index contributed by atoms with van der Waals surface area (Å²) in [7, 11) is 3.25. The standard InChI is InChI=1S/C18H18N4O3S/c1-19-16(24)13-5-3-12(4-6-13)9-21(2)15(23)10-22-11-20-17-14(18(22)25)7-8-26-17/h3-8,11H,9-10H2,1-2H3,(H,19,24). The molecule has 0 fully saturated rings. The summed E-state index contributed by atoms with van der Waals surface area (Å²) < 4.78 is 1.32. The Labute approximate surface area is 153 Å². The van der Waals surface area contributed by atoms with Gasteiger partial charge >= 0.3 is 0 Å². The molecule has 0 spiro atoms. The van der Waals surface area contributed by atoms with E-state index in [0.717, 1.165) is 5.56 Å². The zero-order valence-electron chi connectivity index (χ0n) is 14.4. The molecule has 2 amide bonds. The molecular formula is C18H18N4O3S. The first-order chi connectivity index (χ1) is 12.5. The molecule has 2 heterocycles. The summed E-state index contributed by atoms with van der Waals surface area (Å²) in [5.74, 6) is -0.351. The minimum Gasteiger partial charge on any atom is -0.355 e. The molecule has 0 radical (unpaired) electrons. The highest BCUT2D eigenvalue weighted by Gasteiger charge is 2.13. The first kappa shape index (κ1) is 17.8. The van der Waals surface area contributed by atoms with Gasteiger partial charge < -0.3 is 10.2 Å². The van der Waals surface area contributed by atoms with Crippen LogP contribution >= 0.6 is 11.3 Å². The molecule has 1 N–H and O–H groups in total. The van der Waals surface area contributed by atoms with Crippen LogP contribution in [0.5, 0.6) is 0 Å². The molecule has 134 valence electrons. The minimum absolute atomic E-state index is 0.0650. The normalized spacial score (nSPS) is 10.7. The number of nitrogens with one attached hydrogen (secondary N) is 1. The smallest absolute Gasteiger partial charge is 0.262 e. The summed E-state index contributed by atoms with van der Waals surface area (Å²) in [6.45, 7) is 0.320. The van der Waals surface area contributed by atoms with E-state index in [4.69, 9.17) is 0 Å². The predicted octanol–water partition coefficient (Wildman–Crippen LogP) is 1.48. The number of rotatable bonds is 5. The highest BCUT2D eigenvalue weighted by atomic mass is 32.1. The zero-order chi connectivity index (χ0) is 18.7. The highest BCUT2D eigenvalue weighted by molar-refractivity contribution is 7.16. The summed E-state index contributed by atoms with van der Waals surface area (Å²) in [6.07, 6.45) is 1.41. The number of fused-ring (bicyclic) bond motifs is 1. The topological polar surface area (TPSA) is 84.3 Å². The van der Waals surface area contributed by atoms with Crippen molar-refractivity contribution in [2.45, 2.75) is 13.1 Å². The first-order valence-electron chi connectivity index (χ1n) is 7.97. The quantitative estimate of drug-likeness (QED) is 0.737. The molecule has 8 heteroatoms. The molecular weight excluding hydrogens is 352 g/mol. The van der Waals surface area contributed by atoms with Crippen molar-refractivity contribution in [2.24, 2.45) is 0 Å². The van der Waals surface area contributed by atoms with Crippen LogP contribution < -0.4 is 10.9 Å². The number of hydrogen-bond donors (Lipinski definition) is 1.